The zero-order chi connectivity index (χ0) is 15.5. The Kier molecular flexibility index (Phi) is 4.68. The predicted octanol–water partition coefficient (Wildman–Crippen LogP) is 0.812. The molecule has 0 saturated heterocycles. The van der Waals surface area contributed by atoms with Crippen LogP contribution in [0.2, 0.25) is 0 Å². The van der Waals surface area contributed by atoms with Crippen LogP contribution >= 0.6 is 11.3 Å². The average molecular weight is 328 g/mol. The van der Waals surface area contributed by atoms with E-state index in [9.17, 15) is 13.2 Å². The number of aliphatic hydroxyl groups excluding tert-OH is 1. The van der Waals surface area contributed by atoms with Crippen LogP contribution in [-0.4, -0.2) is 29.6 Å². The van der Waals surface area contributed by atoms with Gasteiger partial charge in [-0.1, -0.05) is 24.3 Å². The number of hydrogen-bond acceptors (Lipinski definition) is 6. The first kappa shape index (κ1) is 15.6. The third-order valence-electron chi connectivity index (χ3n) is 2.65. The summed E-state index contributed by atoms with van der Waals surface area (Å²) in [5, 5.41) is 17.8. The molecule has 2 aromatic rings. The highest BCUT2D eigenvalue weighted by Gasteiger charge is 2.25. The number of thiazole rings is 1. The molecule has 0 radical (unpaired) electrons. The van der Waals surface area contributed by atoms with Gasteiger partial charge in [-0.2, -0.15) is 0 Å². The van der Waals surface area contributed by atoms with Crippen LogP contribution in [-0.2, 0) is 23.2 Å². The number of carboxylic acid groups (broad SMARTS) is 1. The molecule has 1 heterocycles. The van der Waals surface area contributed by atoms with E-state index in [-0.39, 0.29) is 17.4 Å². The van der Waals surface area contributed by atoms with Gasteiger partial charge in [0.1, 0.15) is 0 Å². The van der Waals surface area contributed by atoms with E-state index < -0.39 is 21.7 Å². The van der Waals surface area contributed by atoms with E-state index >= 15 is 0 Å². The van der Waals surface area contributed by atoms with Crippen molar-refractivity contribution >= 4 is 27.3 Å². The molecule has 0 aliphatic carbocycles. The maximum absolute atomic E-state index is 12.1. The number of rotatable bonds is 6. The molecular weight excluding hydrogens is 316 g/mol. The van der Waals surface area contributed by atoms with E-state index in [4.69, 9.17) is 10.2 Å². The minimum atomic E-state index is -3.93. The van der Waals surface area contributed by atoms with Crippen LogP contribution in [0, 0.1) is 0 Å². The van der Waals surface area contributed by atoms with Crippen molar-refractivity contribution in [3.8, 4) is 0 Å². The van der Waals surface area contributed by atoms with E-state index in [1.165, 1.54) is 5.51 Å². The second-order valence-electron chi connectivity index (χ2n) is 4.09. The van der Waals surface area contributed by atoms with Crippen molar-refractivity contribution in [3.05, 3.63) is 46.6 Å². The normalized spacial score (nSPS) is 11.5. The van der Waals surface area contributed by atoms with Gasteiger partial charge in [0.05, 0.1) is 12.1 Å². The van der Waals surface area contributed by atoms with E-state index in [2.05, 4.69) is 9.71 Å². The number of aromatic carboxylic acids is 1. The van der Waals surface area contributed by atoms with Gasteiger partial charge in [-0.05, 0) is 11.1 Å². The fourth-order valence-electron chi connectivity index (χ4n) is 1.58. The fourth-order valence-corrected chi connectivity index (χ4v) is 3.78. The van der Waals surface area contributed by atoms with Gasteiger partial charge in [-0.3, -0.25) is 0 Å². The molecule has 1 aromatic carbocycles. The van der Waals surface area contributed by atoms with E-state index in [0.29, 0.717) is 5.56 Å². The zero-order valence-electron chi connectivity index (χ0n) is 10.7. The SMILES string of the molecule is O=C(O)c1ncsc1S(=O)(=O)NCc1ccc(CO)cc1. The molecule has 0 spiro atoms. The second-order valence-corrected chi connectivity index (χ2v) is 6.91. The molecule has 0 unspecified atom stereocenters. The molecule has 9 heteroatoms. The monoisotopic (exact) mass is 328 g/mol. The summed E-state index contributed by atoms with van der Waals surface area (Å²) >= 11 is 0.751. The van der Waals surface area contributed by atoms with Crippen LogP contribution in [0.15, 0.2) is 34.0 Å². The average Bonchev–Trinajstić information content (AvgIpc) is 2.96. The Bertz CT molecular complexity index is 737. The van der Waals surface area contributed by atoms with Crippen molar-refractivity contribution in [3.63, 3.8) is 0 Å². The predicted molar refractivity (Wildman–Crippen MR) is 75.5 cm³/mol. The van der Waals surface area contributed by atoms with Crippen molar-refractivity contribution in [2.75, 3.05) is 0 Å². The topological polar surface area (TPSA) is 117 Å². The summed E-state index contributed by atoms with van der Waals surface area (Å²) in [7, 11) is -3.93. The summed E-state index contributed by atoms with van der Waals surface area (Å²) < 4.78 is 26.2. The maximum Gasteiger partial charge on any atom is 0.356 e. The number of hydrogen-bond donors (Lipinski definition) is 3. The van der Waals surface area contributed by atoms with Gasteiger partial charge >= 0.3 is 5.97 Å². The summed E-state index contributed by atoms with van der Waals surface area (Å²) in [6.07, 6.45) is 0. The number of carbonyl (C=O) groups is 1. The molecule has 0 saturated carbocycles. The van der Waals surface area contributed by atoms with Crippen LogP contribution in [0.3, 0.4) is 0 Å². The molecule has 3 N–H and O–H groups in total. The Labute approximate surface area is 125 Å². The standard InChI is InChI=1S/C12H12N2O5S2/c15-6-9-3-1-8(2-4-9)5-14-21(18,19)12-10(11(16)17)13-7-20-12/h1-4,7,14-15H,5-6H2,(H,16,17). The molecule has 0 atom stereocenters. The number of nitrogens with zero attached hydrogens (tertiary/aromatic N) is 1. The summed E-state index contributed by atoms with van der Waals surface area (Å²) in [5.41, 5.74) is 2.10. The van der Waals surface area contributed by atoms with Crippen molar-refractivity contribution in [2.45, 2.75) is 17.4 Å². The van der Waals surface area contributed by atoms with Gasteiger partial charge in [0.2, 0.25) is 0 Å². The minimum absolute atomic E-state index is 0.0189. The first-order valence-corrected chi connectivity index (χ1v) is 8.15. The molecule has 0 aliphatic rings. The van der Waals surface area contributed by atoms with Crippen LogP contribution in [0.25, 0.3) is 0 Å². The lowest BCUT2D eigenvalue weighted by atomic mass is 10.1. The van der Waals surface area contributed by atoms with E-state index in [1.807, 2.05) is 0 Å². The molecule has 2 rings (SSSR count). The van der Waals surface area contributed by atoms with Crippen molar-refractivity contribution in [2.24, 2.45) is 0 Å². The highest BCUT2D eigenvalue weighted by molar-refractivity contribution is 7.91. The molecule has 0 aliphatic heterocycles. The van der Waals surface area contributed by atoms with Crippen molar-refractivity contribution in [1.82, 2.24) is 9.71 Å². The van der Waals surface area contributed by atoms with Crippen LogP contribution in [0.5, 0.6) is 0 Å². The molecule has 112 valence electrons. The number of nitrogens with one attached hydrogen (secondary N) is 1. The maximum atomic E-state index is 12.1. The first-order chi connectivity index (χ1) is 9.94. The smallest absolute Gasteiger partial charge is 0.356 e. The number of benzene rings is 1. The summed E-state index contributed by atoms with van der Waals surface area (Å²) in [6.45, 7) is -0.0696. The minimum Gasteiger partial charge on any atom is -0.476 e. The summed E-state index contributed by atoms with van der Waals surface area (Å²) in [6, 6.07) is 6.72. The third-order valence-corrected chi connectivity index (χ3v) is 5.42. The molecule has 7 nitrogen and oxygen atoms in total. The highest BCUT2D eigenvalue weighted by Crippen LogP contribution is 2.20. The third kappa shape index (κ3) is 3.64. The molecule has 21 heavy (non-hydrogen) atoms. The second kappa shape index (κ2) is 6.31. The molecule has 0 amide bonds. The molecule has 0 bridgehead atoms. The van der Waals surface area contributed by atoms with Crippen LogP contribution in [0.1, 0.15) is 21.6 Å². The summed E-state index contributed by atoms with van der Waals surface area (Å²) in [5.74, 6) is -1.39. The van der Waals surface area contributed by atoms with Gasteiger partial charge in [0, 0.05) is 6.54 Å². The lowest BCUT2D eigenvalue weighted by Crippen LogP contribution is -2.24. The van der Waals surface area contributed by atoms with Crippen LogP contribution < -0.4 is 4.72 Å². The Balaban J connectivity index is 2.14. The van der Waals surface area contributed by atoms with E-state index in [0.717, 1.165) is 16.9 Å². The van der Waals surface area contributed by atoms with Gasteiger partial charge in [-0.25, -0.2) is 22.9 Å². The number of sulfonamides is 1. The van der Waals surface area contributed by atoms with Crippen molar-refractivity contribution < 1.29 is 23.4 Å². The Morgan fingerprint density at radius 3 is 2.43 bits per heavy atom. The van der Waals surface area contributed by atoms with Gasteiger partial charge in [0.15, 0.2) is 9.90 Å². The zero-order valence-corrected chi connectivity index (χ0v) is 12.3. The lowest BCUT2D eigenvalue weighted by molar-refractivity contribution is 0.0687. The van der Waals surface area contributed by atoms with Gasteiger partial charge in [-0.15, -0.1) is 11.3 Å². The first-order valence-electron chi connectivity index (χ1n) is 5.79. The Morgan fingerprint density at radius 1 is 1.24 bits per heavy atom. The number of carboxylic acids is 1. The number of aromatic nitrogens is 1. The Hall–Kier alpha value is -1.81. The lowest BCUT2D eigenvalue weighted by Gasteiger charge is -2.06. The molecular formula is C12H12N2O5S2. The van der Waals surface area contributed by atoms with Crippen molar-refractivity contribution in [1.29, 1.82) is 0 Å². The molecule has 1 aromatic heterocycles. The quantitative estimate of drug-likeness (QED) is 0.722. The summed E-state index contributed by atoms with van der Waals surface area (Å²) in [4.78, 5) is 14.4. The highest BCUT2D eigenvalue weighted by atomic mass is 32.2. The molecule has 0 fully saturated rings. The van der Waals surface area contributed by atoms with Gasteiger partial charge in [0.25, 0.3) is 10.0 Å². The Morgan fingerprint density at radius 2 is 1.86 bits per heavy atom. The number of aliphatic hydroxyl groups is 1. The fraction of sp³-hybridized carbons (Fsp3) is 0.167. The largest absolute Gasteiger partial charge is 0.476 e. The van der Waals surface area contributed by atoms with Crippen LogP contribution in [0.4, 0.5) is 0 Å². The van der Waals surface area contributed by atoms with Gasteiger partial charge < -0.3 is 10.2 Å². The van der Waals surface area contributed by atoms with E-state index in [1.54, 1.807) is 24.3 Å².